The van der Waals surface area contributed by atoms with Crippen molar-refractivity contribution in [2.24, 2.45) is 11.3 Å². The Morgan fingerprint density at radius 1 is 1.08 bits per heavy atom. The SMILES string of the molecule is O=C1N(CC2CCC2)CCCC12CCN(CC=Cc1ccccc1)C2. The molecule has 3 nitrogen and oxygen atoms in total. The van der Waals surface area contributed by atoms with Gasteiger partial charge in [-0.25, -0.2) is 0 Å². The van der Waals surface area contributed by atoms with E-state index >= 15 is 0 Å². The predicted molar refractivity (Wildman–Crippen MR) is 102 cm³/mol. The molecule has 3 aliphatic rings. The molecule has 0 aromatic heterocycles. The van der Waals surface area contributed by atoms with Crippen LogP contribution >= 0.6 is 0 Å². The molecule has 3 fully saturated rings. The van der Waals surface area contributed by atoms with Crippen molar-refractivity contribution in [1.29, 1.82) is 0 Å². The van der Waals surface area contributed by atoms with E-state index in [9.17, 15) is 4.79 Å². The van der Waals surface area contributed by atoms with Crippen LogP contribution in [-0.2, 0) is 4.79 Å². The van der Waals surface area contributed by atoms with Crippen LogP contribution in [0.3, 0.4) is 0 Å². The zero-order valence-corrected chi connectivity index (χ0v) is 15.2. The van der Waals surface area contributed by atoms with Crippen molar-refractivity contribution in [3.8, 4) is 0 Å². The maximum absolute atomic E-state index is 13.1. The van der Waals surface area contributed by atoms with E-state index in [1.165, 1.54) is 31.2 Å². The third-order valence-corrected chi connectivity index (χ3v) is 6.43. The number of amides is 1. The summed E-state index contributed by atoms with van der Waals surface area (Å²) in [5.74, 6) is 1.24. The van der Waals surface area contributed by atoms with Gasteiger partial charge < -0.3 is 4.90 Å². The molecule has 4 rings (SSSR count). The Kier molecular flexibility index (Phi) is 4.93. The topological polar surface area (TPSA) is 23.6 Å². The second-order valence-electron chi connectivity index (χ2n) is 8.23. The van der Waals surface area contributed by atoms with E-state index in [1.807, 2.05) is 6.07 Å². The van der Waals surface area contributed by atoms with Gasteiger partial charge in [-0.3, -0.25) is 9.69 Å². The van der Waals surface area contributed by atoms with E-state index in [0.717, 1.165) is 51.5 Å². The van der Waals surface area contributed by atoms with E-state index in [1.54, 1.807) is 0 Å². The highest BCUT2D eigenvalue weighted by atomic mass is 16.2. The average molecular weight is 338 g/mol. The van der Waals surface area contributed by atoms with Gasteiger partial charge in [-0.15, -0.1) is 0 Å². The minimum absolute atomic E-state index is 0.0808. The lowest BCUT2D eigenvalue weighted by atomic mass is 9.77. The molecular formula is C22H30N2O. The van der Waals surface area contributed by atoms with Gasteiger partial charge in [0.2, 0.25) is 5.91 Å². The minimum atomic E-state index is -0.0808. The van der Waals surface area contributed by atoms with E-state index in [0.29, 0.717) is 5.91 Å². The largest absolute Gasteiger partial charge is 0.342 e. The Hall–Kier alpha value is -1.61. The number of benzene rings is 1. The second kappa shape index (κ2) is 7.33. The summed E-state index contributed by atoms with van der Waals surface area (Å²) in [6.07, 6.45) is 11.8. The first-order chi connectivity index (χ1) is 12.3. The van der Waals surface area contributed by atoms with Crippen LogP contribution in [0.15, 0.2) is 36.4 Å². The molecular weight excluding hydrogens is 308 g/mol. The molecule has 134 valence electrons. The Morgan fingerprint density at radius 3 is 2.68 bits per heavy atom. The number of hydrogen-bond acceptors (Lipinski definition) is 2. The lowest BCUT2D eigenvalue weighted by Gasteiger charge is -2.42. The van der Waals surface area contributed by atoms with Gasteiger partial charge in [0, 0.05) is 26.2 Å². The molecule has 1 aromatic carbocycles. The standard InChI is InChI=1S/C22H30N2O/c25-21-22(12-6-15-24(21)17-20-9-4-10-20)13-16-23(18-22)14-5-11-19-7-2-1-3-8-19/h1-3,5,7-8,11,20H,4,6,9-10,12-18H2. The molecule has 2 aliphatic heterocycles. The van der Waals surface area contributed by atoms with Crippen molar-refractivity contribution < 1.29 is 4.79 Å². The van der Waals surface area contributed by atoms with Crippen LogP contribution in [0, 0.1) is 11.3 Å². The zero-order chi connectivity index (χ0) is 17.1. The molecule has 0 N–H and O–H groups in total. The van der Waals surface area contributed by atoms with Gasteiger partial charge in [0.05, 0.1) is 5.41 Å². The van der Waals surface area contributed by atoms with Crippen molar-refractivity contribution in [2.75, 3.05) is 32.7 Å². The molecule has 1 spiro atoms. The highest BCUT2D eigenvalue weighted by Crippen LogP contribution is 2.41. The molecule has 2 saturated heterocycles. The number of likely N-dealkylation sites (tertiary alicyclic amines) is 2. The zero-order valence-electron chi connectivity index (χ0n) is 15.2. The Bertz CT molecular complexity index is 622. The Balaban J connectivity index is 1.33. The maximum atomic E-state index is 13.1. The Labute approximate surface area is 151 Å². The maximum Gasteiger partial charge on any atom is 0.230 e. The van der Waals surface area contributed by atoms with Crippen molar-refractivity contribution in [2.45, 2.75) is 38.5 Å². The first-order valence-corrected chi connectivity index (χ1v) is 9.99. The number of hydrogen-bond donors (Lipinski definition) is 0. The first kappa shape index (κ1) is 16.8. The van der Waals surface area contributed by atoms with Crippen LogP contribution in [-0.4, -0.2) is 48.4 Å². The third kappa shape index (κ3) is 3.67. The number of nitrogens with zero attached hydrogens (tertiary/aromatic N) is 2. The van der Waals surface area contributed by atoms with Crippen LogP contribution < -0.4 is 0 Å². The molecule has 0 bridgehead atoms. The molecule has 0 radical (unpaired) electrons. The van der Waals surface area contributed by atoms with Crippen molar-refractivity contribution >= 4 is 12.0 Å². The fraction of sp³-hybridized carbons (Fsp3) is 0.591. The summed E-state index contributed by atoms with van der Waals surface area (Å²) in [5, 5.41) is 0. The molecule has 1 aromatic rings. The van der Waals surface area contributed by atoms with Gasteiger partial charge in [0.1, 0.15) is 0 Å². The molecule has 25 heavy (non-hydrogen) atoms. The van der Waals surface area contributed by atoms with E-state index in [-0.39, 0.29) is 5.41 Å². The quantitative estimate of drug-likeness (QED) is 0.815. The summed E-state index contributed by atoms with van der Waals surface area (Å²) in [5.41, 5.74) is 1.17. The third-order valence-electron chi connectivity index (χ3n) is 6.43. The first-order valence-electron chi connectivity index (χ1n) is 9.99. The Morgan fingerprint density at radius 2 is 1.92 bits per heavy atom. The van der Waals surface area contributed by atoms with Crippen LogP contribution in [0.4, 0.5) is 0 Å². The number of piperidine rings is 1. The highest BCUT2D eigenvalue weighted by Gasteiger charge is 2.48. The summed E-state index contributed by atoms with van der Waals surface area (Å²) in [7, 11) is 0. The lowest BCUT2D eigenvalue weighted by molar-refractivity contribution is -0.146. The average Bonchev–Trinajstić information content (AvgIpc) is 3.00. The van der Waals surface area contributed by atoms with Crippen LogP contribution in [0.2, 0.25) is 0 Å². The van der Waals surface area contributed by atoms with Gasteiger partial charge in [0.15, 0.2) is 0 Å². The van der Waals surface area contributed by atoms with Gasteiger partial charge >= 0.3 is 0 Å². The van der Waals surface area contributed by atoms with Crippen LogP contribution in [0.1, 0.15) is 44.1 Å². The number of carbonyl (C=O) groups excluding carboxylic acids is 1. The molecule has 3 heteroatoms. The van der Waals surface area contributed by atoms with Gasteiger partial charge in [0.25, 0.3) is 0 Å². The minimum Gasteiger partial charge on any atom is -0.342 e. The van der Waals surface area contributed by atoms with Crippen molar-refractivity contribution in [3.05, 3.63) is 42.0 Å². The van der Waals surface area contributed by atoms with Crippen molar-refractivity contribution in [1.82, 2.24) is 9.80 Å². The highest BCUT2D eigenvalue weighted by molar-refractivity contribution is 5.84. The van der Waals surface area contributed by atoms with Crippen LogP contribution in [0.25, 0.3) is 6.08 Å². The smallest absolute Gasteiger partial charge is 0.230 e. The van der Waals surface area contributed by atoms with Crippen molar-refractivity contribution in [3.63, 3.8) is 0 Å². The van der Waals surface area contributed by atoms with E-state index < -0.39 is 0 Å². The summed E-state index contributed by atoms with van der Waals surface area (Å²) in [6.45, 7) is 4.97. The van der Waals surface area contributed by atoms with Gasteiger partial charge in [-0.2, -0.15) is 0 Å². The monoisotopic (exact) mass is 338 g/mol. The fourth-order valence-corrected chi connectivity index (χ4v) is 4.71. The van der Waals surface area contributed by atoms with Gasteiger partial charge in [-0.1, -0.05) is 48.9 Å². The normalized spacial score (nSPS) is 28.2. The molecule has 1 unspecified atom stereocenters. The lowest BCUT2D eigenvalue weighted by Crippen LogP contribution is -2.51. The number of carbonyl (C=O) groups is 1. The summed E-state index contributed by atoms with van der Waals surface area (Å²) in [4.78, 5) is 17.8. The second-order valence-corrected chi connectivity index (χ2v) is 8.23. The summed E-state index contributed by atoms with van der Waals surface area (Å²) >= 11 is 0. The van der Waals surface area contributed by atoms with E-state index in [2.05, 4.69) is 46.2 Å². The molecule has 1 saturated carbocycles. The van der Waals surface area contributed by atoms with E-state index in [4.69, 9.17) is 0 Å². The summed E-state index contributed by atoms with van der Waals surface area (Å²) < 4.78 is 0. The molecule has 2 heterocycles. The number of rotatable bonds is 5. The molecule has 1 aliphatic carbocycles. The molecule has 1 atom stereocenters. The summed E-state index contributed by atoms with van der Waals surface area (Å²) in [6, 6.07) is 10.4. The molecule has 1 amide bonds. The predicted octanol–water partition coefficient (Wildman–Crippen LogP) is 3.81. The van der Waals surface area contributed by atoms with Crippen LogP contribution in [0.5, 0.6) is 0 Å². The van der Waals surface area contributed by atoms with Gasteiger partial charge in [-0.05, 0) is 50.1 Å². The fourth-order valence-electron chi connectivity index (χ4n) is 4.71.